The highest BCUT2D eigenvalue weighted by atomic mass is 14.5. The third kappa shape index (κ3) is 11.7. The van der Waals surface area contributed by atoms with Crippen LogP contribution in [0.1, 0.15) is 6.42 Å². The van der Waals surface area contributed by atoms with Gasteiger partial charge in [0, 0.05) is 5.70 Å². The smallest absolute Gasteiger partial charge is 0.0276 e. The first-order valence-corrected chi connectivity index (χ1v) is 5.42. The summed E-state index contributed by atoms with van der Waals surface area (Å²) in [6.07, 6.45) is 22.9. The van der Waals surface area contributed by atoms with Gasteiger partial charge in [-0.15, -0.1) is 0 Å². The first-order chi connectivity index (χ1) is 8.31. The minimum Gasteiger partial charge on any atom is -0.405 e. The van der Waals surface area contributed by atoms with E-state index in [-0.39, 0.29) is 0 Å². The monoisotopic (exact) mass is 228 g/mol. The molecule has 0 heterocycles. The molecule has 0 saturated heterocycles. The highest BCUT2D eigenvalue weighted by molar-refractivity contribution is 5.21. The zero-order chi connectivity index (χ0) is 12.8. The Labute approximate surface area is 104 Å². The summed E-state index contributed by atoms with van der Waals surface area (Å²) in [4.78, 5) is 0. The molecular formula is C15H20N2. The molecule has 0 aliphatic rings. The third-order valence-corrected chi connectivity index (χ3v) is 1.72. The van der Waals surface area contributed by atoms with E-state index >= 15 is 0 Å². The van der Waals surface area contributed by atoms with Crippen LogP contribution >= 0.6 is 0 Å². The van der Waals surface area contributed by atoms with Crippen LogP contribution in [0.25, 0.3) is 0 Å². The van der Waals surface area contributed by atoms with Gasteiger partial charge >= 0.3 is 0 Å². The van der Waals surface area contributed by atoms with Gasteiger partial charge in [0.25, 0.3) is 0 Å². The summed E-state index contributed by atoms with van der Waals surface area (Å²) in [7, 11) is 0. The van der Waals surface area contributed by atoms with Gasteiger partial charge in [0.05, 0.1) is 0 Å². The van der Waals surface area contributed by atoms with Crippen LogP contribution in [-0.4, -0.2) is 0 Å². The summed E-state index contributed by atoms with van der Waals surface area (Å²) in [5.74, 6) is 0. The summed E-state index contributed by atoms with van der Waals surface area (Å²) in [6, 6.07) is 0. The van der Waals surface area contributed by atoms with Crippen molar-refractivity contribution in [3.8, 4) is 0 Å². The zero-order valence-corrected chi connectivity index (χ0v) is 10.00. The minimum atomic E-state index is 0.745. The van der Waals surface area contributed by atoms with Gasteiger partial charge in [-0.05, 0) is 24.8 Å². The molecule has 0 radical (unpaired) electrons. The second-order valence-corrected chi connectivity index (χ2v) is 3.12. The number of hydrogen-bond acceptors (Lipinski definition) is 2. The Kier molecular flexibility index (Phi) is 10.3. The standard InChI is InChI=1S/C15H20N2/c1-2-3-4-9-12-15(17)13-10-7-5-6-8-11-14-16/h2-9,11-14H,1,10,16-17H2/b4-3-,7-5+,8-6-,12-9-,14-11-,15-13-. The molecule has 0 aromatic carbocycles. The average Bonchev–Trinajstić information content (AvgIpc) is 2.33. The van der Waals surface area contributed by atoms with Gasteiger partial charge in [0.15, 0.2) is 0 Å². The molecule has 0 aliphatic carbocycles. The predicted molar refractivity (Wildman–Crippen MR) is 77.0 cm³/mol. The Morgan fingerprint density at radius 2 is 1.65 bits per heavy atom. The van der Waals surface area contributed by atoms with Gasteiger partial charge in [0.1, 0.15) is 0 Å². The SMILES string of the molecule is C=C\C=C/C=C\C(N)=C\C/C=C/C=C\C=C/N. The van der Waals surface area contributed by atoms with Crippen LogP contribution in [0.3, 0.4) is 0 Å². The molecule has 0 spiro atoms. The molecule has 17 heavy (non-hydrogen) atoms. The molecule has 0 bridgehead atoms. The van der Waals surface area contributed by atoms with Gasteiger partial charge in [-0.2, -0.15) is 0 Å². The Hall–Kier alpha value is -2.22. The Balaban J connectivity index is 3.95. The second kappa shape index (κ2) is 11.9. The van der Waals surface area contributed by atoms with Crippen molar-refractivity contribution in [2.24, 2.45) is 11.5 Å². The van der Waals surface area contributed by atoms with Crippen molar-refractivity contribution >= 4 is 0 Å². The van der Waals surface area contributed by atoms with Crippen LogP contribution < -0.4 is 11.5 Å². The number of rotatable bonds is 7. The molecule has 0 amide bonds. The summed E-state index contributed by atoms with van der Waals surface area (Å²) in [5, 5.41) is 0. The molecule has 2 nitrogen and oxygen atoms in total. The van der Waals surface area contributed by atoms with Gasteiger partial charge < -0.3 is 11.5 Å². The molecule has 4 N–H and O–H groups in total. The second-order valence-electron chi connectivity index (χ2n) is 3.12. The highest BCUT2D eigenvalue weighted by Crippen LogP contribution is 1.94. The third-order valence-electron chi connectivity index (χ3n) is 1.72. The fourth-order valence-corrected chi connectivity index (χ4v) is 0.931. The summed E-state index contributed by atoms with van der Waals surface area (Å²) in [6.45, 7) is 3.57. The molecule has 0 atom stereocenters. The normalized spacial score (nSPS) is 14.0. The fourth-order valence-electron chi connectivity index (χ4n) is 0.931. The van der Waals surface area contributed by atoms with Crippen LogP contribution in [0.15, 0.2) is 85.3 Å². The van der Waals surface area contributed by atoms with Crippen molar-refractivity contribution in [1.29, 1.82) is 0 Å². The van der Waals surface area contributed by atoms with E-state index in [0.717, 1.165) is 12.1 Å². The molecule has 0 unspecified atom stereocenters. The van der Waals surface area contributed by atoms with Crippen LogP contribution in [0, 0.1) is 0 Å². The van der Waals surface area contributed by atoms with E-state index < -0.39 is 0 Å². The van der Waals surface area contributed by atoms with E-state index in [2.05, 4.69) is 6.58 Å². The van der Waals surface area contributed by atoms with E-state index in [4.69, 9.17) is 11.5 Å². The van der Waals surface area contributed by atoms with E-state index in [1.54, 1.807) is 12.2 Å². The predicted octanol–water partition coefficient (Wildman–Crippen LogP) is 3.10. The van der Waals surface area contributed by atoms with Crippen molar-refractivity contribution in [2.75, 3.05) is 0 Å². The molecule has 0 aromatic heterocycles. The average molecular weight is 228 g/mol. The zero-order valence-electron chi connectivity index (χ0n) is 10.00. The van der Waals surface area contributed by atoms with E-state index in [9.17, 15) is 0 Å². The highest BCUT2D eigenvalue weighted by Gasteiger charge is 1.78. The molecule has 90 valence electrons. The lowest BCUT2D eigenvalue weighted by molar-refractivity contribution is 1.30. The first-order valence-electron chi connectivity index (χ1n) is 5.42. The lowest BCUT2D eigenvalue weighted by Gasteiger charge is -1.89. The maximum atomic E-state index is 5.75. The Morgan fingerprint density at radius 1 is 0.941 bits per heavy atom. The lowest BCUT2D eigenvalue weighted by atomic mass is 10.3. The topological polar surface area (TPSA) is 52.0 Å². The molecule has 0 aromatic rings. The number of hydrogen-bond donors (Lipinski definition) is 2. The van der Waals surface area contributed by atoms with Crippen molar-refractivity contribution in [3.05, 3.63) is 85.3 Å². The summed E-state index contributed by atoms with van der Waals surface area (Å²) >= 11 is 0. The van der Waals surface area contributed by atoms with Gasteiger partial charge in [0.2, 0.25) is 0 Å². The van der Waals surface area contributed by atoms with Gasteiger partial charge in [-0.3, -0.25) is 0 Å². The van der Waals surface area contributed by atoms with Crippen molar-refractivity contribution in [2.45, 2.75) is 6.42 Å². The molecule has 0 rings (SSSR count). The maximum Gasteiger partial charge on any atom is 0.0276 e. The van der Waals surface area contributed by atoms with E-state index in [0.29, 0.717) is 0 Å². The molecule has 0 saturated carbocycles. The fraction of sp³-hybridized carbons (Fsp3) is 0.0667. The lowest BCUT2D eigenvalue weighted by Crippen LogP contribution is -1.91. The molecular weight excluding hydrogens is 208 g/mol. The van der Waals surface area contributed by atoms with Crippen molar-refractivity contribution in [3.63, 3.8) is 0 Å². The van der Waals surface area contributed by atoms with Crippen LogP contribution in [-0.2, 0) is 0 Å². The Morgan fingerprint density at radius 3 is 2.35 bits per heavy atom. The largest absolute Gasteiger partial charge is 0.405 e. The van der Waals surface area contributed by atoms with Gasteiger partial charge in [-0.1, -0.05) is 61.3 Å². The van der Waals surface area contributed by atoms with Crippen LogP contribution in [0.5, 0.6) is 0 Å². The quantitative estimate of drug-likeness (QED) is 0.658. The van der Waals surface area contributed by atoms with E-state index in [1.165, 1.54) is 6.20 Å². The number of allylic oxidation sites excluding steroid dienone is 11. The summed E-state index contributed by atoms with van der Waals surface area (Å²) in [5.41, 5.74) is 11.7. The molecule has 0 aliphatic heterocycles. The van der Waals surface area contributed by atoms with Crippen molar-refractivity contribution < 1.29 is 0 Å². The van der Waals surface area contributed by atoms with Crippen LogP contribution in [0.4, 0.5) is 0 Å². The molecule has 0 fully saturated rings. The van der Waals surface area contributed by atoms with E-state index in [1.807, 2.05) is 54.7 Å². The first kappa shape index (κ1) is 14.8. The maximum absolute atomic E-state index is 5.75. The molecule has 2 heteroatoms. The van der Waals surface area contributed by atoms with Gasteiger partial charge in [-0.25, -0.2) is 0 Å². The van der Waals surface area contributed by atoms with Crippen molar-refractivity contribution in [1.82, 2.24) is 0 Å². The number of nitrogens with two attached hydrogens (primary N) is 2. The minimum absolute atomic E-state index is 0.745. The Bertz CT molecular complexity index is 366. The summed E-state index contributed by atoms with van der Waals surface area (Å²) < 4.78 is 0. The van der Waals surface area contributed by atoms with Crippen LogP contribution in [0.2, 0.25) is 0 Å².